The highest BCUT2D eigenvalue weighted by Gasteiger charge is 2.18. The molecule has 176 valence electrons. The summed E-state index contributed by atoms with van der Waals surface area (Å²) in [6.07, 6.45) is 0. The summed E-state index contributed by atoms with van der Waals surface area (Å²) in [5.41, 5.74) is 5.44. The third-order valence-electron chi connectivity index (χ3n) is 5.74. The molecule has 0 aliphatic rings. The molecule has 0 unspecified atom stereocenters. The van der Waals surface area contributed by atoms with Gasteiger partial charge in [0, 0.05) is 0 Å². The Morgan fingerprint density at radius 2 is 1.76 bits per heavy atom. The van der Waals surface area contributed by atoms with Gasteiger partial charge in [0.2, 0.25) is 0 Å². The summed E-state index contributed by atoms with van der Waals surface area (Å²) in [6, 6.07) is 17.3. The molecule has 0 bridgehead atoms. The number of para-hydroxylation sites is 1. The molecule has 2 aromatic carbocycles. The molecule has 7 nitrogen and oxygen atoms in total. The average Bonchev–Trinajstić information content (AvgIpc) is 3.39. The van der Waals surface area contributed by atoms with E-state index in [0.29, 0.717) is 18.0 Å². The fraction of sp³-hybridized carbons (Fsp3) is 0.259. The lowest BCUT2D eigenvalue weighted by Crippen LogP contribution is -2.12. The summed E-state index contributed by atoms with van der Waals surface area (Å²) in [5, 5.41) is 7.55. The number of amides is 1. The molecule has 7 heteroatoms. The number of rotatable bonds is 8. The van der Waals surface area contributed by atoms with Crippen LogP contribution in [0.15, 0.2) is 59.0 Å². The lowest BCUT2D eigenvalue weighted by molar-refractivity contribution is 0.0992. The molecule has 34 heavy (non-hydrogen) atoms. The molecule has 2 heterocycles. The fourth-order valence-corrected chi connectivity index (χ4v) is 3.90. The van der Waals surface area contributed by atoms with Crippen LogP contribution in [0.2, 0.25) is 0 Å². The number of nitrogens with zero attached hydrogens (tertiary/aromatic N) is 2. The van der Waals surface area contributed by atoms with E-state index in [1.54, 1.807) is 19.2 Å². The van der Waals surface area contributed by atoms with Crippen molar-refractivity contribution in [3.63, 3.8) is 0 Å². The number of nitrogens with one attached hydrogen (secondary N) is 1. The fourth-order valence-electron chi connectivity index (χ4n) is 3.90. The van der Waals surface area contributed by atoms with E-state index in [1.165, 1.54) is 0 Å². The lowest BCUT2D eigenvalue weighted by atomic mass is 10.1. The van der Waals surface area contributed by atoms with Crippen molar-refractivity contribution in [1.29, 1.82) is 0 Å². The standard InChI is InChI=1S/C27H29N3O4/c1-17-8-6-9-18(2)26(17)33-16-23-12-13-24(34-23)27(31)28-25-19(3)29-30(20(25)4)15-21-10-7-11-22(14-21)32-5/h6-14H,15-16H2,1-5H3,(H,28,31). The van der Waals surface area contributed by atoms with Crippen LogP contribution in [0.25, 0.3) is 0 Å². The Bertz CT molecular complexity index is 1300. The molecular formula is C27H29N3O4. The van der Waals surface area contributed by atoms with Gasteiger partial charge in [0.1, 0.15) is 23.9 Å². The number of hydrogen-bond acceptors (Lipinski definition) is 5. The Morgan fingerprint density at radius 1 is 1.03 bits per heavy atom. The highest BCUT2D eigenvalue weighted by atomic mass is 16.5. The maximum absolute atomic E-state index is 12.9. The number of aromatic nitrogens is 2. The van der Waals surface area contributed by atoms with Crippen LogP contribution in [-0.4, -0.2) is 22.8 Å². The van der Waals surface area contributed by atoms with E-state index in [1.807, 2.05) is 74.8 Å². The second-order valence-electron chi connectivity index (χ2n) is 8.28. The van der Waals surface area contributed by atoms with Gasteiger partial charge in [-0.1, -0.05) is 30.3 Å². The molecule has 0 spiro atoms. The van der Waals surface area contributed by atoms with E-state index < -0.39 is 0 Å². The highest BCUT2D eigenvalue weighted by Crippen LogP contribution is 2.25. The predicted octanol–water partition coefficient (Wildman–Crippen LogP) is 5.60. The van der Waals surface area contributed by atoms with Crippen molar-refractivity contribution in [2.45, 2.75) is 40.8 Å². The van der Waals surface area contributed by atoms with Crippen LogP contribution in [0.5, 0.6) is 11.5 Å². The molecule has 0 fully saturated rings. The molecule has 0 saturated heterocycles. The van der Waals surface area contributed by atoms with Crippen LogP contribution in [0.1, 0.15) is 44.4 Å². The summed E-state index contributed by atoms with van der Waals surface area (Å²) in [7, 11) is 1.64. The SMILES string of the molecule is COc1cccc(Cn2nc(C)c(NC(=O)c3ccc(COc4c(C)cccc4C)o3)c2C)c1. The Hall–Kier alpha value is -4.00. The van der Waals surface area contributed by atoms with Crippen LogP contribution in [0.4, 0.5) is 5.69 Å². The number of hydrogen-bond donors (Lipinski definition) is 1. The summed E-state index contributed by atoms with van der Waals surface area (Å²) >= 11 is 0. The van der Waals surface area contributed by atoms with Crippen molar-refractivity contribution in [1.82, 2.24) is 9.78 Å². The van der Waals surface area contributed by atoms with Gasteiger partial charge in [0.15, 0.2) is 5.76 Å². The van der Waals surface area contributed by atoms with E-state index in [9.17, 15) is 4.79 Å². The minimum atomic E-state index is -0.328. The zero-order valence-corrected chi connectivity index (χ0v) is 20.1. The zero-order valence-electron chi connectivity index (χ0n) is 20.1. The maximum Gasteiger partial charge on any atom is 0.291 e. The third-order valence-corrected chi connectivity index (χ3v) is 5.74. The van der Waals surface area contributed by atoms with Gasteiger partial charge in [0.25, 0.3) is 5.91 Å². The van der Waals surface area contributed by atoms with Gasteiger partial charge in [-0.3, -0.25) is 9.48 Å². The second-order valence-corrected chi connectivity index (χ2v) is 8.28. The highest BCUT2D eigenvalue weighted by molar-refractivity contribution is 6.02. The Balaban J connectivity index is 1.43. The molecule has 0 saturated carbocycles. The second kappa shape index (κ2) is 9.87. The van der Waals surface area contributed by atoms with Gasteiger partial charge < -0.3 is 19.2 Å². The van der Waals surface area contributed by atoms with Crippen LogP contribution in [0, 0.1) is 27.7 Å². The van der Waals surface area contributed by atoms with E-state index >= 15 is 0 Å². The number of carbonyl (C=O) groups is 1. The molecule has 0 aliphatic carbocycles. The van der Waals surface area contributed by atoms with Gasteiger partial charge in [-0.2, -0.15) is 5.10 Å². The first-order chi connectivity index (χ1) is 16.4. The minimum absolute atomic E-state index is 0.222. The number of anilines is 1. The quantitative estimate of drug-likeness (QED) is 0.371. The van der Waals surface area contributed by atoms with E-state index in [-0.39, 0.29) is 18.3 Å². The van der Waals surface area contributed by atoms with Crippen molar-refractivity contribution in [2.24, 2.45) is 0 Å². The van der Waals surface area contributed by atoms with Crippen LogP contribution in [-0.2, 0) is 13.2 Å². The van der Waals surface area contributed by atoms with Gasteiger partial charge >= 0.3 is 0 Å². The van der Waals surface area contributed by atoms with Crippen molar-refractivity contribution >= 4 is 11.6 Å². The maximum atomic E-state index is 12.9. The average molecular weight is 460 g/mol. The van der Waals surface area contributed by atoms with Crippen molar-refractivity contribution < 1.29 is 18.7 Å². The van der Waals surface area contributed by atoms with Crippen LogP contribution >= 0.6 is 0 Å². The zero-order chi connectivity index (χ0) is 24.2. The van der Waals surface area contributed by atoms with Crippen LogP contribution in [0.3, 0.4) is 0 Å². The molecule has 4 aromatic rings. The number of benzene rings is 2. The van der Waals surface area contributed by atoms with E-state index in [4.69, 9.17) is 13.9 Å². The van der Waals surface area contributed by atoms with Crippen molar-refractivity contribution in [3.8, 4) is 11.5 Å². The molecule has 2 aromatic heterocycles. The summed E-state index contributed by atoms with van der Waals surface area (Å²) in [6.45, 7) is 8.62. The number of methoxy groups -OCH3 is 1. The molecular weight excluding hydrogens is 430 g/mol. The lowest BCUT2D eigenvalue weighted by Gasteiger charge is -2.10. The first-order valence-electron chi connectivity index (χ1n) is 11.1. The normalized spacial score (nSPS) is 10.9. The van der Waals surface area contributed by atoms with Gasteiger partial charge in [-0.05, 0) is 68.7 Å². The molecule has 0 radical (unpaired) electrons. The molecule has 0 atom stereocenters. The first kappa shape index (κ1) is 23.2. The molecule has 1 N–H and O–H groups in total. The molecule has 4 rings (SSSR count). The first-order valence-corrected chi connectivity index (χ1v) is 11.1. The number of ether oxygens (including phenoxy) is 2. The van der Waals surface area contributed by atoms with Gasteiger partial charge in [0.05, 0.1) is 30.7 Å². The number of furan rings is 1. The topological polar surface area (TPSA) is 78.5 Å². The summed E-state index contributed by atoms with van der Waals surface area (Å²) < 4.78 is 18.9. The summed E-state index contributed by atoms with van der Waals surface area (Å²) in [4.78, 5) is 12.9. The van der Waals surface area contributed by atoms with Crippen LogP contribution < -0.4 is 14.8 Å². The number of aryl methyl sites for hydroxylation is 3. The molecule has 1 amide bonds. The van der Waals surface area contributed by atoms with Gasteiger partial charge in [-0.15, -0.1) is 0 Å². The monoisotopic (exact) mass is 459 g/mol. The predicted molar refractivity (Wildman–Crippen MR) is 131 cm³/mol. The van der Waals surface area contributed by atoms with Crippen molar-refractivity contribution in [3.05, 3.63) is 94.2 Å². The smallest absolute Gasteiger partial charge is 0.291 e. The Labute approximate surface area is 199 Å². The van der Waals surface area contributed by atoms with E-state index in [2.05, 4.69) is 10.4 Å². The Morgan fingerprint density at radius 3 is 2.50 bits per heavy atom. The third kappa shape index (κ3) is 4.98. The molecule has 0 aliphatic heterocycles. The number of carbonyl (C=O) groups excluding carboxylic acids is 1. The van der Waals surface area contributed by atoms with E-state index in [0.717, 1.165) is 39.6 Å². The summed E-state index contributed by atoms with van der Waals surface area (Å²) in [5.74, 6) is 2.10. The largest absolute Gasteiger partial charge is 0.497 e. The minimum Gasteiger partial charge on any atom is -0.497 e. The van der Waals surface area contributed by atoms with Gasteiger partial charge in [-0.25, -0.2) is 0 Å². The van der Waals surface area contributed by atoms with Crippen molar-refractivity contribution in [2.75, 3.05) is 12.4 Å². The Kier molecular flexibility index (Phi) is 6.72.